The fourth-order valence-electron chi connectivity index (χ4n) is 4.66. The molecule has 3 unspecified atom stereocenters. The number of aromatic nitrogens is 2. The van der Waals surface area contributed by atoms with Gasteiger partial charge >= 0.3 is 0 Å². The Morgan fingerprint density at radius 2 is 1.55 bits per heavy atom. The predicted octanol–water partition coefficient (Wildman–Crippen LogP) is 6.19. The van der Waals surface area contributed by atoms with Crippen LogP contribution in [0.1, 0.15) is 75.8 Å². The minimum atomic E-state index is 0.507. The largest absolute Gasteiger partial charge is 0.301 e. The van der Waals surface area contributed by atoms with Crippen LogP contribution in [0.3, 0.4) is 0 Å². The molecule has 3 heteroatoms. The molecule has 3 nitrogen and oxygen atoms in total. The number of rotatable bonds is 11. The van der Waals surface area contributed by atoms with Gasteiger partial charge in [0.15, 0.2) is 12.4 Å². The van der Waals surface area contributed by atoms with E-state index in [-0.39, 0.29) is 0 Å². The summed E-state index contributed by atoms with van der Waals surface area (Å²) in [6.45, 7) is 14.0. The number of nitrogens with zero attached hydrogens (tertiary/aromatic N) is 3. The molecular formula is C28H38N3+. The SMILES string of the molecule is C=[N+]1C=CC(C(CC)CC(CC(CC)c2cc[n+](CCC)cc2)c2ccncc2)=C[CH-]1. The van der Waals surface area contributed by atoms with E-state index in [1.165, 1.54) is 16.7 Å². The van der Waals surface area contributed by atoms with Gasteiger partial charge in [-0.2, -0.15) is 0 Å². The fraction of sp³-hybridized carbons (Fsp3) is 0.429. The number of aryl methyl sites for hydroxylation is 1. The Bertz CT molecular complexity index is 880. The van der Waals surface area contributed by atoms with Crippen molar-refractivity contribution in [3.05, 3.63) is 90.6 Å². The molecule has 2 aromatic rings. The standard InChI is InChI=1S/C28H38N3/c1-5-16-31-19-12-27(13-20-31)24(7-3)22-28(25-8-14-29-15-9-25)21-23(6-2)26-10-17-30(4)18-11-26/h8-15,17-20,23-24,28H,4-7,16,21-22H2,1-3H3/q+1. The molecule has 0 fully saturated rings. The van der Waals surface area contributed by atoms with E-state index in [9.17, 15) is 0 Å². The predicted molar refractivity (Wildman–Crippen MR) is 129 cm³/mol. The summed E-state index contributed by atoms with van der Waals surface area (Å²) in [4.78, 5) is 4.27. The van der Waals surface area contributed by atoms with Gasteiger partial charge in [-0.25, -0.2) is 4.57 Å². The Morgan fingerprint density at radius 1 is 0.903 bits per heavy atom. The average Bonchev–Trinajstić information content (AvgIpc) is 2.81. The normalized spacial score (nSPS) is 16.4. The molecule has 0 saturated heterocycles. The topological polar surface area (TPSA) is 19.8 Å². The quantitative estimate of drug-likeness (QED) is 0.316. The number of pyridine rings is 2. The summed E-state index contributed by atoms with van der Waals surface area (Å²) >= 11 is 0. The zero-order valence-electron chi connectivity index (χ0n) is 19.5. The minimum Gasteiger partial charge on any atom is -0.301 e. The van der Waals surface area contributed by atoms with Gasteiger partial charge in [0.1, 0.15) is 6.54 Å². The van der Waals surface area contributed by atoms with Crippen LogP contribution in [0, 0.1) is 12.5 Å². The zero-order chi connectivity index (χ0) is 22.1. The van der Waals surface area contributed by atoms with Crippen molar-refractivity contribution < 1.29 is 9.14 Å². The lowest BCUT2D eigenvalue weighted by Gasteiger charge is -2.29. The first-order valence-electron chi connectivity index (χ1n) is 11.9. The van der Waals surface area contributed by atoms with E-state index in [0.29, 0.717) is 17.8 Å². The van der Waals surface area contributed by atoms with Crippen molar-refractivity contribution in [2.45, 2.75) is 71.3 Å². The van der Waals surface area contributed by atoms with E-state index in [0.717, 1.165) is 38.6 Å². The molecule has 1 aliphatic heterocycles. The van der Waals surface area contributed by atoms with Crippen LogP contribution in [-0.4, -0.2) is 16.3 Å². The highest BCUT2D eigenvalue weighted by molar-refractivity contribution is 5.29. The summed E-state index contributed by atoms with van der Waals surface area (Å²) in [6, 6.07) is 9.07. The van der Waals surface area contributed by atoms with Crippen LogP contribution in [0.15, 0.2) is 73.0 Å². The van der Waals surface area contributed by atoms with Gasteiger partial charge in [0, 0.05) is 30.9 Å². The van der Waals surface area contributed by atoms with Crippen molar-refractivity contribution in [2.24, 2.45) is 5.92 Å². The average molecular weight is 417 g/mol. The lowest BCUT2D eigenvalue weighted by molar-refractivity contribution is -0.697. The summed E-state index contributed by atoms with van der Waals surface area (Å²) in [7, 11) is 0. The molecule has 3 heterocycles. The van der Waals surface area contributed by atoms with E-state index in [4.69, 9.17) is 0 Å². The first-order valence-corrected chi connectivity index (χ1v) is 11.9. The molecule has 0 aromatic carbocycles. The third-order valence-corrected chi connectivity index (χ3v) is 6.56. The molecule has 164 valence electrons. The van der Waals surface area contributed by atoms with Gasteiger partial charge < -0.3 is 4.58 Å². The molecule has 0 bridgehead atoms. The van der Waals surface area contributed by atoms with Crippen LogP contribution in [0.5, 0.6) is 0 Å². The van der Waals surface area contributed by atoms with Gasteiger partial charge in [-0.1, -0.05) is 39.3 Å². The van der Waals surface area contributed by atoms with Gasteiger partial charge in [0.25, 0.3) is 0 Å². The van der Waals surface area contributed by atoms with Crippen LogP contribution in [0.25, 0.3) is 0 Å². The Hall–Kier alpha value is -2.68. The fourth-order valence-corrected chi connectivity index (χ4v) is 4.66. The number of hydrogen-bond donors (Lipinski definition) is 0. The van der Waals surface area contributed by atoms with Crippen molar-refractivity contribution >= 4 is 6.72 Å². The molecule has 0 radical (unpaired) electrons. The molecule has 3 atom stereocenters. The van der Waals surface area contributed by atoms with E-state index < -0.39 is 0 Å². The Morgan fingerprint density at radius 3 is 2.13 bits per heavy atom. The second-order valence-corrected chi connectivity index (χ2v) is 8.67. The summed E-state index contributed by atoms with van der Waals surface area (Å²) in [5.74, 6) is 1.61. The Balaban J connectivity index is 1.81. The van der Waals surface area contributed by atoms with Gasteiger partial charge in [-0.15, -0.1) is 5.57 Å². The van der Waals surface area contributed by atoms with E-state index in [1.54, 1.807) is 0 Å². The molecule has 0 aliphatic carbocycles. The highest BCUT2D eigenvalue weighted by atomic mass is 14.9. The number of allylic oxidation sites excluding steroid dienone is 2. The van der Waals surface area contributed by atoms with Gasteiger partial charge in [-0.3, -0.25) is 4.98 Å². The van der Waals surface area contributed by atoms with Crippen LogP contribution in [0.4, 0.5) is 0 Å². The van der Waals surface area contributed by atoms with Gasteiger partial charge in [-0.05, 0) is 60.3 Å². The summed E-state index contributed by atoms with van der Waals surface area (Å²) in [5, 5.41) is 0. The smallest absolute Gasteiger partial charge is 0.169 e. The monoisotopic (exact) mass is 416 g/mol. The molecule has 3 rings (SSSR count). The van der Waals surface area contributed by atoms with Gasteiger partial charge in [0.05, 0.1) is 19.5 Å². The molecule has 1 aliphatic rings. The molecule has 0 saturated carbocycles. The van der Waals surface area contributed by atoms with Crippen LogP contribution in [0.2, 0.25) is 0 Å². The van der Waals surface area contributed by atoms with Gasteiger partial charge in [0.2, 0.25) is 0 Å². The zero-order valence-corrected chi connectivity index (χ0v) is 19.5. The maximum atomic E-state index is 4.27. The van der Waals surface area contributed by atoms with Crippen molar-refractivity contribution in [1.82, 2.24) is 4.98 Å². The minimum absolute atomic E-state index is 0.507. The lowest BCUT2D eigenvalue weighted by Crippen LogP contribution is -2.32. The van der Waals surface area contributed by atoms with Crippen LogP contribution >= 0.6 is 0 Å². The molecule has 0 amide bonds. The lowest BCUT2D eigenvalue weighted by atomic mass is 9.77. The summed E-state index contributed by atoms with van der Waals surface area (Å²) in [6.07, 6.45) is 20.7. The molecule has 0 spiro atoms. The second kappa shape index (κ2) is 11.6. The van der Waals surface area contributed by atoms with Crippen molar-refractivity contribution in [2.75, 3.05) is 0 Å². The third-order valence-electron chi connectivity index (χ3n) is 6.56. The number of hydrogen-bond acceptors (Lipinski definition) is 1. The maximum absolute atomic E-state index is 4.27. The molecular weight excluding hydrogens is 378 g/mol. The summed E-state index contributed by atoms with van der Waals surface area (Å²) in [5.41, 5.74) is 4.28. The first kappa shape index (κ1) is 23.0. The van der Waals surface area contributed by atoms with Crippen molar-refractivity contribution in [1.29, 1.82) is 0 Å². The first-order chi connectivity index (χ1) is 15.1. The Kier molecular flexibility index (Phi) is 8.63. The maximum Gasteiger partial charge on any atom is 0.169 e. The highest BCUT2D eigenvalue weighted by Gasteiger charge is 2.23. The van der Waals surface area contributed by atoms with E-state index in [2.05, 4.69) is 98.6 Å². The molecule has 31 heavy (non-hydrogen) atoms. The third kappa shape index (κ3) is 6.40. The second-order valence-electron chi connectivity index (χ2n) is 8.67. The Labute approximate surface area is 188 Å². The van der Waals surface area contributed by atoms with Crippen LogP contribution in [-0.2, 0) is 6.54 Å². The molecule has 0 N–H and O–H groups in total. The summed E-state index contributed by atoms with van der Waals surface area (Å²) < 4.78 is 4.15. The van der Waals surface area contributed by atoms with Crippen molar-refractivity contribution in [3.8, 4) is 0 Å². The molecule has 2 aromatic heterocycles. The van der Waals surface area contributed by atoms with Crippen LogP contribution < -0.4 is 4.57 Å². The highest BCUT2D eigenvalue weighted by Crippen LogP contribution is 2.38. The van der Waals surface area contributed by atoms with E-state index in [1.807, 2.05) is 17.0 Å². The van der Waals surface area contributed by atoms with E-state index >= 15 is 0 Å². The van der Waals surface area contributed by atoms with Crippen molar-refractivity contribution in [3.63, 3.8) is 0 Å².